The van der Waals surface area contributed by atoms with Gasteiger partial charge in [0.15, 0.2) is 5.78 Å². The number of fused-ring (bicyclic) bond motifs is 7. The van der Waals surface area contributed by atoms with E-state index in [1.54, 1.807) is 5.57 Å². The fourth-order valence-corrected chi connectivity index (χ4v) is 12.5. The Morgan fingerprint density at radius 2 is 1.54 bits per heavy atom. The molecule has 0 aromatic carbocycles. The third kappa shape index (κ3) is 4.09. The zero-order valence-electron chi connectivity index (χ0n) is 27.5. The Labute approximate surface area is 250 Å². The van der Waals surface area contributed by atoms with Crippen molar-refractivity contribution in [3.63, 3.8) is 0 Å². The Hall–Kier alpha value is -1.36. The van der Waals surface area contributed by atoms with Gasteiger partial charge in [-0.15, -0.1) is 0 Å². The molecule has 4 saturated carbocycles. The molecule has 5 nitrogen and oxygen atoms in total. The number of Topliss-reactive ketones (excluding diaryl/α,β-unsaturated/α-hetero) is 1. The van der Waals surface area contributed by atoms with E-state index in [1.165, 1.54) is 50.5 Å². The van der Waals surface area contributed by atoms with Gasteiger partial charge in [0.25, 0.3) is 0 Å². The SMILES string of the molecule is CC(C)C1=C2[C@H]3CC[C@@H]4[C@@]5(C)CCC(NC(=O)N6CCC(N)CC6)C(C)(C)[C@@H]5CC[C@@]4(C)[C@]3(C)CC[C@@]2(C)CC1=O. The molecule has 1 aliphatic heterocycles. The molecular formula is C36H59N3O2. The number of allylic oxidation sites excluding steroid dienone is 2. The zero-order valence-corrected chi connectivity index (χ0v) is 27.5. The molecule has 1 saturated heterocycles. The highest BCUT2D eigenvalue weighted by atomic mass is 16.2. The number of rotatable bonds is 2. The maximum Gasteiger partial charge on any atom is 0.317 e. The van der Waals surface area contributed by atoms with Crippen molar-refractivity contribution in [1.29, 1.82) is 0 Å². The summed E-state index contributed by atoms with van der Waals surface area (Å²) in [4.78, 5) is 28.7. The van der Waals surface area contributed by atoms with Crippen LogP contribution in [0, 0.1) is 50.7 Å². The van der Waals surface area contributed by atoms with Crippen LogP contribution >= 0.6 is 0 Å². The molecule has 0 aromatic heterocycles. The maximum absolute atomic E-state index is 13.4. The van der Waals surface area contributed by atoms with E-state index in [9.17, 15) is 9.59 Å². The third-order valence-electron chi connectivity index (χ3n) is 14.9. The summed E-state index contributed by atoms with van der Waals surface area (Å²) >= 11 is 0. The van der Waals surface area contributed by atoms with E-state index >= 15 is 0 Å². The number of piperidine rings is 1. The molecule has 1 unspecified atom stereocenters. The zero-order chi connectivity index (χ0) is 29.8. The smallest absolute Gasteiger partial charge is 0.317 e. The Balaban J connectivity index is 1.27. The standard InChI is InChI=1S/C36H59N3O2/c1-22(2)29-25(40)21-33(5)17-18-35(7)24(30(29)33)9-10-27-34(6)15-12-28(32(3,4)26(34)11-16-36(27,35)8)38-31(41)39-19-13-23(37)14-20-39/h22-24,26-28H,9-21,37H2,1-8H3,(H,38,41)/t24-,26+,27-,28?,33+,34+,35-,36-/m1/s1. The number of urea groups is 1. The first kappa shape index (κ1) is 29.7. The molecule has 0 radical (unpaired) electrons. The van der Waals surface area contributed by atoms with Crippen molar-refractivity contribution >= 4 is 11.8 Å². The summed E-state index contributed by atoms with van der Waals surface area (Å²) in [6.07, 6.45) is 12.3. The molecule has 5 aliphatic carbocycles. The molecule has 230 valence electrons. The van der Waals surface area contributed by atoms with Crippen LogP contribution in [-0.2, 0) is 4.79 Å². The van der Waals surface area contributed by atoms with Crippen molar-refractivity contribution in [3.8, 4) is 0 Å². The van der Waals surface area contributed by atoms with Gasteiger partial charge in [-0.05, 0) is 121 Å². The van der Waals surface area contributed by atoms with Crippen molar-refractivity contribution in [2.75, 3.05) is 13.1 Å². The Morgan fingerprint density at radius 1 is 0.854 bits per heavy atom. The normalized spacial score (nSPS) is 46.1. The van der Waals surface area contributed by atoms with Crippen molar-refractivity contribution in [3.05, 3.63) is 11.1 Å². The second kappa shape index (κ2) is 9.57. The molecule has 5 heteroatoms. The Morgan fingerprint density at radius 3 is 2.20 bits per heavy atom. The lowest BCUT2D eigenvalue weighted by molar-refractivity contribution is -0.215. The van der Waals surface area contributed by atoms with Gasteiger partial charge in [-0.1, -0.05) is 61.0 Å². The lowest BCUT2D eigenvalue weighted by atomic mass is 9.33. The van der Waals surface area contributed by atoms with Crippen molar-refractivity contribution in [2.24, 2.45) is 56.5 Å². The summed E-state index contributed by atoms with van der Waals surface area (Å²) in [7, 11) is 0. The minimum Gasteiger partial charge on any atom is -0.335 e. The molecule has 3 N–H and O–H groups in total. The number of carbonyl (C=O) groups is 2. The lowest BCUT2D eigenvalue weighted by Gasteiger charge is -2.72. The van der Waals surface area contributed by atoms with Gasteiger partial charge in [-0.3, -0.25) is 4.79 Å². The van der Waals surface area contributed by atoms with Crippen LogP contribution in [0.25, 0.3) is 0 Å². The van der Waals surface area contributed by atoms with Crippen LogP contribution in [0.15, 0.2) is 11.1 Å². The van der Waals surface area contributed by atoms with Crippen molar-refractivity contribution in [2.45, 2.75) is 138 Å². The first-order valence-corrected chi connectivity index (χ1v) is 17.2. The lowest BCUT2D eigenvalue weighted by Crippen LogP contribution is -2.67. The van der Waals surface area contributed by atoms with E-state index in [-0.39, 0.29) is 45.2 Å². The number of nitrogens with zero attached hydrogens (tertiary/aromatic N) is 1. The molecule has 6 rings (SSSR count). The van der Waals surface area contributed by atoms with Gasteiger partial charge in [0, 0.05) is 31.6 Å². The molecular weight excluding hydrogens is 506 g/mol. The highest BCUT2D eigenvalue weighted by molar-refractivity contribution is 6.00. The van der Waals surface area contributed by atoms with E-state index < -0.39 is 0 Å². The Kier molecular flexibility index (Phi) is 6.93. The van der Waals surface area contributed by atoms with Gasteiger partial charge in [-0.2, -0.15) is 0 Å². The number of likely N-dealkylation sites (tertiary alicyclic amines) is 1. The second-order valence-corrected chi connectivity index (χ2v) is 17.4. The fraction of sp³-hybridized carbons (Fsp3) is 0.889. The summed E-state index contributed by atoms with van der Waals surface area (Å²) in [5, 5.41) is 3.54. The topological polar surface area (TPSA) is 75.4 Å². The average molecular weight is 566 g/mol. The molecule has 0 bridgehead atoms. The minimum atomic E-state index is 0.0598. The van der Waals surface area contributed by atoms with Gasteiger partial charge >= 0.3 is 6.03 Å². The molecule has 5 fully saturated rings. The molecule has 1 heterocycles. The number of carbonyl (C=O) groups excluding carboxylic acids is 2. The largest absolute Gasteiger partial charge is 0.335 e. The van der Waals surface area contributed by atoms with E-state index in [1.807, 2.05) is 4.90 Å². The monoisotopic (exact) mass is 565 g/mol. The summed E-state index contributed by atoms with van der Waals surface area (Å²) in [5.41, 5.74) is 9.85. The number of nitrogens with one attached hydrogen (secondary N) is 1. The molecule has 0 spiro atoms. The predicted molar refractivity (Wildman–Crippen MR) is 166 cm³/mol. The number of hydrogen-bond donors (Lipinski definition) is 2. The van der Waals surface area contributed by atoms with Crippen LogP contribution < -0.4 is 11.1 Å². The predicted octanol–water partition coefficient (Wildman–Crippen LogP) is 7.49. The fourth-order valence-electron chi connectivity index (χ4n) is 12.5. The second-order valence-electron chi connectivity index (χ2n) is 17.4. The number of amides is 2. The van der Waals surface area contributed by atoms with E-state index in [0.29, 0.717) is 29.5 Å². The summed E-state index contributed by atoms with van der Waals surface area (Å²) < 4.78 is 0. The quantitative estimate of drug-likeness (QED) is 0.364. The molecule has 0 aromatic rings. The van der Waals surface area contributed by atoms with E-state index in [0.717, 1.165) is 38.8 Å². The number of ketones is 1. The summed E-state index contributed by atoms with van der Waals surface area (Å²) in [6, 6.07) is 0.580. The third-order valence-corrected chi connectivity index (χ3v) is 14.9. The van der Waals surface area contributed by atoms with Crippen LogP contribution in [-0.4, -0.2) is 41.9 Å². The van der Waals surface area contributed by atoms with Crippen LogP contribution in [0.4, 0.5) is 4.79 Å². The maximum atomic E-state index is 13.4. The van der Waals surface area contributed by atoms with Gasteiger partial charge in [0.2, 0.25) is 0 Å². The van der Waals surface area contributed by atoms with Gasteiger partial charge in [0.05, 0.1) is 0 Å². The van der Waals surface area contributed by atoms with Crippen molar-refractivity contribution in [1.82, 2.24) is 10.2 Å². The highest BCUT2D eigenvalue weighted by Gasteiger charge is 2.69. The number of hydrogen-bond acceptors (Lipinski definition) is 3. The molecule has 6 aliphatic rings. The van der Waals surface area contributed by atoms with Crippen LogP contribution in [0.3, 0.4) is 0 Å². The summed E-state index contributed by atoms with van der Waals surface area (Å²) in [5.74, 6) is 2.62. The van der Waals surface area contributed by atoms with Crippen molar-refractivity contribution < 1.29 is 9.59 Å². The summed E-state index contributed by atoms with van der Waals surface area (Å²) in [6.45, 7) is 21.3. The first-order valence-electron chi connectivity index (χ1n) is 17.2. The molecule has 8 atom stereocenters. The minimum absolute atomic E-state index is 0.0598. The van der Waals surface area contributed by atoms with Crippen LogP contribution in [0.1, 0.15) is 126 Å². The first-order chi connectivity index (χ1) is 19.1. The van der Waals surface area contributed by atoms with Gasteiger partial charge < -0.3 is 16.0 Å². The van der Waals surface area contributed by atoms with Gasteiger partial charge in [-0.25, -0.2) is 4.79 Å². The highest BCUT2D eigenvalue weighted by Crippen LogP contribution is 2.76. The van der Waals surface area contributed by atoms with Crippen LogP contribution in [0.5, 0.6) is 0 Å². The van der Waals surface area contributed by atoms with E-state index in [4.69, 9.17) is 5.73 Å². The van der Waals surface area contributed by atoms with E-state index in [2.05, 4.69) is 60.7 Å². The molecule has 2 amide bonds. The molecule has 41 heavy (non-hydrogen) atoms. The van der Waals surface area contributed by atoms with Crippen LogP contribution in [0.2, 0.25) is 0 Å². The number of nitrogens with two attached hydrogens (primary N) is 1. The average Bonchev–Trinajstić information content (AvgIpc) is 3.17. The Bertz CT molecular complexity index is 1130. The van der Waals surface area contributed by atoms with Gasteiger partial charge in [0.1, 0.15) is 0 Å².